The van der Waals surface area contributed by atoms with E-state index >= 15 is 0 Å². The van der Waals surface area contributed by atoms with E-state index in [4.69, 9.17) is 4.74 Å². The van der Waals surface area contributed by atoms with Crippen LogP contribution < -0.4 is 0 Å². The molecule has 2 atom stereocenters. The molecule has 2 unspecified atom stereocenters. The third-order valence-corrected chi connectivity index (χ3v) is 13.6. The van der Waals surface area contributed by atoms with E-state index in [9.17, 15) is 0 Å². The Kier molecular flexibility index (Phi) is 20.5. The molecule has 1 heteroatoms. The van der Waals surface area contributed by atoms with Crippen molar-refractivity contribution in [3.63, 3.8) is 0 Å². The fourth-order valence-corrected chi connectivity index (χ4v) is 10.0. The second kappa shape index (κ2) is 24.6. The maximum absolute atomic E-state index is 6.05. The van der Waals surface area contributed by atoms with Crippen LogP contribution in [-0.4, -0.2) is 13.2 Å². The van der Waals surface area contributed by atoms with Gasteiger partial charge >= 0.3 is 0 Å². The lowest BCUT2D eigenvalue weighted by atomic mass is 9.76. The van der Waals surface area contributed by atoms with Crippen LogP contribution in [0.25, 0.3) is 0 Å². The second-order valence-electron chi connectivity index (χ2n) is 17.5. The van der Waals surface area contributed by atoms with E-state index in [-0.39, 0.29) is 0 Å². The lowest BCUT2D eigenvalue weighted by molar-refractivity contribution is 0.126. The third-order valence-electron chi connectivity index (χ3n) is 13.6. The monoisotopic (exact) mass is 651 g/mol. The second-order valence-corrected chi connectivity index (χ2v) is 17.5. The molecule has 0 heterocycles. The summed E-state index contributed by atoms with van der Waals surface area (Å²) in [6.07, 6.45) is 51.5. The van der Waals surface area contributed by atoms with Crippen LogP contribution in [0.4, 0.5) is 0 Å². The van der Waals surface area contributed by atoms with Crippen molar-refractivity contribution in [1.29, 1.82) is 0 Å². The minimum atomic E-state index is 0.974. The largest absolute Gasteiger partial charge is 0.381 e. The number of hydrogen-bond donors (Lipinski definition) is 0. The molecule has 0 saturated heterocycles. The van der Waals surface area contributed by atoms with Crippen LogP contribution in [-0.2, 0) is 4.74 Å². The summed E-state index contributed by atoms with van der Waals surface area (Å²) in [5.41, 5.74) is 3.52. The summed E-state index contributed by atoms with van der Waals surface area (Å²) in [7, 11) is 0. The van der Waals surface area contributed by atoms with E-state index in [1.165, 1.54) is 205 Å². The van der Waals surface area contributed by atoms with Crippen LogP contribution in [0.15, 0.2) is 23.3 Å². The lowest BCUT2D eigenvalue weighted by Crippen LogP contribution is -2.16. The molecular weight excluding hydrogens is 569 g/mol. The van der Waals surface area contributed by atoms with Crippen molar-refractivity contribution in [1.82, 2.24) is 0 Å². The molecule has 0 aliphatic heterocycles. The maximum Gasteiger partial charge on any atom is 0.0466 e. The molecule has 1 nitrogen and oxygen atoms in total. The standard InChI is InChI=1S/C46H82O/c1-3-5-7-13-39-17-25-43(26-18-39)33-35-45-29-21-41(22-30-45)15-9-11-37-47-38-12-10-16-42-23-31-46(32-24-42)36-34-44-27-19-40(20-28-44)14-8-6-4-2/h21,23,39-40,43-46H,3-20,22,24-38H2,1-2H3. The predicted octanol–water partition coefficient (Wildman–Crippen LogP) is 15.1. The molecule has 0 radical (unpaired) electrons. The van der Waals surface area contributed by atoms with Gasteiger partial charge in [0.05, 0.1) is 0 Å². The Morgan fingerprint density at radius 2 is 0.809 bits per heavy atom. The van der Waals surface area contributed by atoms with Crippen LogP contribution in [0.5, 0.6) is 0 Å². The summed E-state index contributed by atoms with van der Waals surface area (Å²) in [5, 5.41) is 0. The minimum Gasteiger partial charge on any atom is -0.381 e. The van der Waals surface area contributed by atoms with E-state index in [2.05, 4.69) is 26.0 Å². The molecule has 0 aromatic heterocycles. The maximum atomic E-state index is 6.05. The fourth-order valence-electron chi connectivity index (χ4n) is 10.0. The molecule has 0 spiro atoms. The minimum absolute atomic E-state index is 0.974. The molecule has 2 saturated carbocycles. The Morgan fingerprint density at radius 3 is 1.17 bits per heavy atom. The molecule has 0 bridgehead atoms. The Morgan fingerprint density at radius 1 is 0.426 bits per heavy atom. The summed E-state index contributed by atoms with van der Waals surface area (Å²) >= 11 is 0. The van der Waals surface area contributed by atoms with Crippen molar-refractivity contribution in [3.05, 3.63) is 23.3 Å². The summed E-state index contributed by atoms with van der Waals surface area (Å²) in [5.74, 6) is 6.19. The topological polar surface area (TPSA) is 9.23 Å². The first-order valence-electron chi connectivity index (χ1n) is 22.1. The SMILES string of the molecule is CCCCCC1CCC(CCC2CC=C(CCCCOCCCCC3=CCC(CCC4CCC(CCCCC)CC4)CC3)CC2)CC1. The van der Waals surface area contributed by atoms with Crippen molar-refractivity contribution < 1.29 is 4.74 Å². The number of ether oxygens (including phenoxy) is 1. The van der Waals surface area contributed by atoms with Crippen molar-refractivity contribution >= 4 is 0 Å². The van der Waals surface area contributed by atoms with Gasteiger partial charge in [-0.3, -0.25) is 0 Å². The van der Waals surface area contributed by atoms with Gasteiger partial charge in [0.15, 0.2) is 0 Å². The molecule has 4 rings (SSSR count). The summed E-state index contributed by atoms with van der Waals surface area (Å²) in [6, 6.07) is 0. The molecule has 0 aromatic carbocycles. The van der Waals surface area contributed by atoms with Gasteiger partial charge < -0.3 is 4.74 Å². The van der Waals surface area contributed by atoms with Gasteiger partial charge in [0, 0.05) is 13.2 Å². The van der Waals surface area contributed by atoms with Crippen molar-refractivity contribution in [3.8, 4) is 0 Å². The third kappa shape index (κ3) is 16.8. The van der Waals surface area contributed by atoms with E-state index in [1.807, 2.05) is 0 Å². The van der Waals surface area contributed by atoms with Gasteiger partial charge in [0.2, 0.25) is 0 Å². The molecule has 0 amide bonds. The van der Waals surface area contributed by atoms with Crippen molar-refractivity contribution in [2.75, 3.05) is 13.2 Å². The average molecular weight is 651 g/mol. The van der Waals surface area contributed by atoms with Gasteiger partial charge in [-0.1, -0.05) is 153 Å². The quantitative estimate of drug-likeness (QED) is 0.0746. The first-order chi connectivity index (χ1) is 23.2. The van der Waals surface area contributed by atoms with Crippen LogP contribution in [0, 0.1) is 35.5 Å². The summed E-state index contributed by atoms with van der Waals surface area (Å²) < 4.78 is 6.05. The molecule has 272 valence electrons. The number of hydrogen-bond acceptors (Lipinski definition) is 1. The number of unbranched alkanes of at least 4 members (excludes halogenated alkanes) is 6. The van der Waals surface area contributed by atoms with Crippen LogP contribution in [0.3, 0.4) is 0 Å². The molecule has 47 heavy (non-hydrogen) atoms. The van der Waals surface area contributed by atoms with E-state index < -0.39 is 0 Å². The highest BCUT2D eigenvalue weighted by Crippen LogP contribution is 2.38. The predicted molar refractivity (Wildman–Crippen MR) is 207 cm³/mol. The highest BCUT2D eigenvalue weighted by Gasteiger charge is 2.24. The van der Waals surface area contributed by atoms with Crippen LogP contribution in [0.1, 0.15) is 219 Å². The normalized spacial score (nSPS) is 28.6. The molecule has 4 aliphatic carbocycles. The van der Waals surface area contributed by atoms with Gasteiger partial charge in [-0.05, 0) is 125 Å². The van der Waals surface area contributed by atoms with Gasteiger partial charge in [0.1, 0.15) is 0 Å². The lowest BCUT2D eigenvalue weighted by Gasteiger charge is -2.30. The van der Waals surface area contributed by atoms with E-state index in [0.717, 1.165) is 48.7 Å². The van der Waals surface area contributed by atoms with E-state index in [1.54, 1.807) is 11.1 Å². The Labute approximate surface area is 295 Å². The van der Waals surface area contributed by atoms with Gasteiger partial charge in [-0.25, -0.2) is 0 Å². The van der Waals surface area contributed by atoms with Gasteiger partial charge in [-0.2, -0.15) is 0 Å². The highest BCUT2D eigenvalue weighted by molar-refractivity contribution is 5.07. The van der Waals surface area contributed by atoms with Crippen molar-refractivity contribution in [2.45, 2.75) is 219 Å². The van der Waals surface area contributed by atoms with Crippen molar-refractivity contribution in [2.24, 2.45) is 35.5 Å². The number of allylic oxidation sites excluding steroid dienone is 4. The average Bonchev–Trinajstić information content (AvgIpc) is 3.11. The van der Waals surface area contributed by atoms with E-state index in [0.29, 0.717) is 0 Å². The summed E-state index contributed by atoms with van der Waals surface area (Å²) in [4.78, 5) is 0. The zero-order chi connectivity index (χ0) is 32.8. The van der Waals surface area contributed by atoms with Gasteiger partial charge in [0.25, 0.3) is 0 Å². The fraction of sp³-hybridized carbons (Fsp3) is 0.913. The smallest absolute Gasteiger partial charge is 0.0466 e. The molecule has 0 aromatic rings. The zero-order valence-corrected chi connectivity index (χ0v) is 32.1. The summed E-state index contributed by atoms with van der Waals surface area (Å²) in [6.45, 7) is 6.62. The Hall–Kier alpha value is -0.560. The molecule has 4 aliphatic rings. The highest BCUT2D eigenvalue weighted by atomic mass is 16.5. The van der Waals surface area contributed by atoms with Crippen LogP contribution in [0.2, 0.25) is 0 Å². The first kappa shape index (κ1) is 39.2. The molecule has 0 N–H and O–H groups in total. The Bertz CT molecular complexity index is 754. The molecular formula is C46H82O. The number of rotatable bonds is 24. The van der Waals surface area contributed by atoms with Gasteiger partial charge in [-0.15, -0.1) is 0 Å². The first-order valence-corrected chi connectivity index (χ1v) is 22.1. The zero-order valence-electron chi connectivity index (χ0n) is 32.1. The Balaban J connectivity index is 0.908. The molecule has 2 fully saturated rings. The van der Waals surface area contributed by atoms with Crippen LogP contribution >= 0.6 is 0 Å².